The molecule has 0 spiro atoms. The summed E-state index contributed by atoms with van der Waals surface area (Å²) in [4.78, 5) is 19.1. The molecule has 5 heteroatoms. The van der Waals surface area contributed by atoms with Gasteiger partial charge in [0.25, 0.3) is 5.91 Å². The molecular formula is C20H25N3O2. The zero-order valence-corrected chi connectivity index (χ0v) is 14.9. The number of carbonyl (C=O) groups excluding carboxylic acids is 1. The van der Waals surface area contributed by atoms with Crippen molar-refractivity contribution in [2.75, 3.05) is 33.8 Å². The van der Waals surface area contributed by atoms with Crippen molar-refractivity contribution >= 4 is 5.91 Å². The molecule has 0 atom stereocenters. The Labute approximate surface area is 149 Å². The van der Waals surface area contributed by atoms with Crippen LogP contribution < -0.4 is 10.1 Å². The highest BCUT2D eigenvalue weighted by Crippen LogP contribution is 2.34. The highest BCUT2D eigenvalue weighted by Gasteiger charge is 2.35. The van der Waals surface area contributed by atoms with Gasteiger partial charge in [-0.25, -0.2) is 0 Å². The average Bonchev–Trinajstić information content (AvgIpc) is 2.68. The van der Waals surface area contributed by atoms with Crippen molar-refractivity contribution in [3.8, 4) is 5.75 Å². The third-order valence-corrected chi connectivity index (χ3v) is 5.12. The summed E-state index contributed by atoms with van der Waals surface area (Å²) in [5, 5.41) is 3.10. The maximum Gasteiger partial charge on any atom is 0.270 e. The third-order valence-electron chi connectivity index (χ3n) is 5.12. The summed E-state index contributed by atoms with van der Waals surface area (Å²) in [5.74, 6) is 0.477. The molecule has 1 saturated heterocycles. The van der Waals surface area contributed by atoms with E-state index in [9.17, 15) is 4.79 Å². The van der Waals surface area contributed by atoms with Crippen molar-refractivity contribution in [2.45, 2.75) is 18.3 Å². The normalized spacial score (nSPS) is 17.0. The average molecular weight is 339 g/mol. The van der Waals surface area contributed by atoms with Gasteiger partial charge in [-0.1, -0.05) is 30.3 Å². The summed E-state index contributed by atoms with van der Waals surface area (Å²) >= 11 is 0. The number of likely N-dealkylation sites (tertiary alicyclic amines) is 1. The molecule has 0 saturated carbocycles. The van der Waals surface area contributed by atoms with E-state index in [2.05, 4.69) is 46.5 Å². The lowest BCUT2D eigenvalue weighted by Gasteiger charge is -2.41. The van der Waals surface area contributed by atoms with E-state index in [1.54, 1.807) is 25.4 Å². The molecule has 0 unspecified atom stereocenters. The molecule has 1 aliphatic rings. The van der Waals surface area contributed by atoms with Crippen LogP contribution in [-0.2, 0) is 5.41 Å². The van der Waals surface area contributed by atoms with Gasteiger partial charge in [-0.3, -0.25) is 9.78 Å². The van der Waals surface area contributed by atoms with Gasteiger partial charge in [0.1, 0.15) is 11.4 Å². The van der Waals surface area contributed by atoms with E-state index < -0.39 is 0 Å². The minimum atomic E-state index is -0.159. The smallest absolute Gasteiger partial charge is 0.270 e. The number of ether oxygens (including phenoxy) is 1. The number of benzene rings is 1. The second kappa shape index (κ2) is 7.66. The third kappa shape index (κ3) is 3.99. The molecule has 2 heterocycles. The second-order valence-electron chi connectivity index (χ2n) is 6.71. The Morgan fingerprint density at radius 2 is 1.96 bits per heavy atom. The minimum Gasteiger partial charge on any atom is -0.497 e. The van der Waals surface area contributed by atoms with Crippen molar-refractivity contribution in [2.24, 2.45) is 0 Å². The van der Waals surface area contributed by atoms with Crippen molar-refractivity contribution in [1.82, 2.24) is 15.2 Å². The number of nitrogens with one attached hydrogen (secondary N) is 1. The lowest BCUT2D eigenvalue weighted by Crippen LogP contribution is -2.48. The highest BCUT2D eigenvalue weighted by atomic mass is 16.5. The van der Waals surface area contributed by atoms with Gasteiger partial charge in [-0.05, 0) is 44.6 Å². The Bertz CT molecular complexity index is 710. The first-order valence-corrected chi connectivity index (χ1v) is 8.65. The number of piperidine rings is 1. The monoisotopic (exact) mass is 339 g/mol. The van der Waals surface area contributed by atoms with Crippen molar-refractivity contribution in [1.29, 1.82) is 0 Å². The van der Waals surface area contributed by atoms with Gasteiger partial charge in [-0.15, -0.1) is 0 Å². The molecule has 0 aliphatic carbocycles. The Morgan fingerprint density at radius 1 is 1.24 bits per heavy atom. The topological polar surface area (TPSA) is 54.5 Å². The molecule has 132 valence electrons. The van der Waals surface area contributed by atoms with Crippen LogP contribution in [0.3, 0.4) is 0 Å². The Morgan fingerprint density at radius 3 is 2.64 bits per heavy atom. The van der Waals surface area contributed by atoms with Gasteiger partial charge >= 0.3 is 0 Å². The minimum absolute atomic E-state index is 0.0255. The van der Waals surface area contributed by atoms with E-state index in [-0.39, 0.29) is 11.3 Å². The fraction of sp³-hybridized carbons (Fsp3) is 0.400. The zero-order valence-electron chi connectivity index (χ0n) is 14.9. The zero-order chi connectivity index (χ0) is 17.7. The molecule has 1 aliphatic heterocycles. The standard InChI is InChI=1S/C20H25N3O2/c1-23-12-9-20(10-13-23,16-6-4-3-5-7-16)15-22-19(24)18-14-17(25-2)8-11-21-18/h3-8,11,14H,9-10,12-13,15H2,1-2H3,(H,22,24). The SMILES string of the molecule is COc1ccnc(C(=O)NCC2(c3ccccc3)CCN(C)CC2)c1. The molecule has 5 nitrogen and oxygen atoms in total. The Balaban J connectivity index is 1.76. The lowest BCUT2D eigenvalue weighted by molar-refractivity contribution is 0.0922. The first-order valence-electron chi connectivity index (χ1n) is 8.65. The number of rotatable bonds is 5. The summed E-state index contributed by atoms with van der Waals surface area (Å²) in [6.45, 7) is 2.67. The van der Waals surface area contributed by atoms with Crippen molar-refractivity contribution < 1.29 is 9.53 Å². The molecule has 25 heavy (non-hydrogen) atoms. The number of pyridine rings is 1. The van der Waals surface area contributed by atoms with Crippen LogP contribution in [0, 0.1) is 0 Å². The van der Waals surface area contributed by atoms with Crippen LogP contribution in [0.2, 0.25) is 0 Å². The second-order valence-corrected chi connectivity index (χ2v) is 6.71. The first-order chi connectivity index (χ1) is 12.1. The van der Waals surface area contributed by atoms with Gasteiger partial charge < -0.3 is 15.0 Å². The molecule has 1 aromatic heterocycles. The molecule has 0 bridgehead atoms. The quantitative estimate of drug-likeness (QED) is 0.909. The number of aromatic nitrogens is 1. The fourth-order valence-electron chi connectivity index (χ4n) is 3.41. The number of methoxy groups -OCH3 is 1. The van der Waals surface area contributed by atoms with Gasteiger partial charge in [-0.2, -0.15) is 0 Å². The van der Waals surface area contributed by atoms with Gasteiger partial charge in [0.2, 0.25) is 0 Å². The molecule has 2 aromatic rings. The molecule has 1 aromatic carbocycles. The van der Waals surface area contributed by atoms with Crippen LogP contribution in [0.25, 0.3) is 0 Å². The van der Waals surface area contributed by atoms with Crippen LogP contribution in [0.4, 0.5) is 0 Å². The van der Waals surface area contributed by atoms with E-state index >= 15 is 0 Å². The summed E-state index contributed by atoms with van der Waals surface area (Å²) < 4.78 is 5.17. The van der Waals surface area contributed by atoms with Crippen LogP contribution >= 0.6 is 0 Å². The van der Waals surface area contributed by atoms with Gasteiger partial charge in [0.15, 0.2) is 0 Å². The van der Waals surface area contributed by atoms with Crippen LogP contribution in [0.1, 0.15) is 28.9 Å². The molecule has 1 amide bonds. The number of carbonyl (C=O) groups is 1. The van der Waals surface area contributed by atoms with E-state index in [1.165, 1.54) is 5.56 Å². The summed E-state index contributed by atoms with van der Waals surface area (Å²) in [6.07, 6.45) is 3.65. The molecular weight excluding hydrogens is 314 g/mol. The molecule has 1 fully saturated rings. The first kappa shape index (κ1) is 17.4. The molecule has 3 rings (SSSR count). The number of hydrogen-bond acceptors (Lipinski definition) is 4. The predicted octanol–water partition coefficient (Wildman–Crippen LogP) is 2.48. The summed E-state index contributed by atoms with van der Waals surface area (Å²) in [5.41, 5.74) is 1.65. The predicted molar refractivity (Wildman–Crippen MR) is 98.0 cm³/mol. The van der Waals surface area contributed by atoms with Gasteiger partial charge in [0, 0.05) is 24.2 Å². The van der Waals surface area contributed by atoms with Crippen LogP contribution in [-0.4, -0.2) is 49.6 Å². The fourth-order valence-corrected chi connectivity index (χ4v) is 3.41. The Kier molecular flexibility index (Phi) is 5.34. The van der Waals surface area contributed by atoms with E-state index in [0.29, 0.717) is 18.0 Å². The van der Waals surface area contributed by atoms with E-state index in [1.807, 2.05) is 6.07 Å². The summed E-state index contributed by atoms with van der Waals surface area (Å²) in [6, 6.07) is 13.9. The van der Waals surface area contributed by atoms with Gasteiger partial charge in [0.05, 0.1) is 7.11 Å². The van der Waals surface area contributed by atoms with Crippen molar-refractivity contribution in [3.63, 3.8) is 0 Å². The van der Waals surface area contributed by atoms with Crippen LogP contribution in [0.5, 0.6) is 5.75 Å². The van der Waals surface area contributed by atoms with E-state index in [4.69, 9.17) is 4.74 Å². The highest BCUT2D eigenvalue weighted by molar-refractivity contribution is 5.92. The maximum atomic E-state index is 12.6. The largest absolute Gasteiger partial charge is 0.497 e. The lowest BCUT2D eigenvalue weighted by atomic mass is 9.72. The maximum absolute atomic E-state index is 12.6. The van der Waals surface area contributed by atoms with Crippen molar-refractivity contribution in [3.05, 3.63) is 59.9 Å². The Hall–Kier alpha value is -2.40. The number of hydrogen-bond donors (Lipinski definition) is 1. The van der Waals surface area contributed by atoms with Crippen LogP contribution in [0.15, 0.2) is 48.7 Å². The summed E-state index contributed by atoms with van der Waals surface area (Å²) in [7, 11) is 3.73. The number of nitrogens with zero attached hydrogens (tertiary/aromatic N) is 2. The molecule has 1 N–H and O–H groups in total. The molecule has 0 radical (unpaired) electrons. The number of amides is 1. The van der Waals surface area contributed by atoms with E-state index in [0.717, 1.165) is 25.9 Å².